The highest BCUT2D eigenvalue weighted by Gasteiger charge is 2.30. The van der Waals surface area contributed by atoms with Crippen LogP contribution in [0.15, 0.2) is 24.3 Å². The molecule has 0 saturated carbocycles. The fourth-order valence-electron chi connectivity index (χ4n) is 4.59. The van der Waals surface area contributed by atoms with Crippen LogP contribution in [-0.4, -0.2) is 41.2 Å². The molecule has 1 aromatic carbocycles. The maximum absolute atomic E-state index is 13.3. The molecule has 0 radical (unpaired) electrons. The number of aromatic nitrogens is 2. The van der Waals surface area contributed by atoms with E-state index in [1.54, 1.807) is 17.4 Å². The van der Waals surface area contributed by atoms with Gasteiger partial charge in [0.05, 0.1) is 30.7 Å². The van der Waals surface area contributed by atoms with Gasteiger partial charge in [-0.1, -0.05) is 18.9 Å². The number of anilines is 2. The Morgan fingerprint density at radius 2 is 1.82 bits per heavy atom. The van der Waals surface area contributed by atoms with Gasteiger partial charge in [-0.05, 0) is 49.4 Å². The van der Waals surface area contributed by atoms with Crippen LogP contribution in [0, 0.1) is 0 Å². The molecule has 5 nitrogen and oxygen atoms in total. The molecular formula is C24H27F3N4OS. The van der Waals surface area contributed by atoms with E-state index < -0.39 is 11.7 Å². The number of benzene rings is 1. The molecule has 0 bridgehead atoms. The maximum Gasteiger partial charge on any atom is 0.416 e. The highest BCUT2D eigenvalue weighted by atomic mass is 32.1. The van der Waals surface area contributed by atoms with Crippen LogP contribution in [0.3, 0.4) is 0 Å². The number of nitrogens with zero attached hydrogens (tertiary/aromatic N) is 3. The van der Waals surface area contributed by atoms with Gasteiger partial charge in [0.1, 0.15) is 16.5 Å². The summed E-state index contributed by atoms with van der Waals surface area (Å²) in [6.07, 6.45) is 2.29. The number of fused-ring (bicyclic) bond motifs is 3. The van der Waals surface area contributed by atoms with E-state index in [1.165, 1.54) is 29.3 Å². The first-order valence-corrected chi connectivity index (χ1v) is 12.3. The molecule has 2 aromatic heterocycles. The van der Waals surface area contributed by atoms with Gasteiger partial charge in [-0.2, -0.15) is 13.2 Å². The lowest BCUT2D eigenvalue weighted by molar-refractivity contribution is -0.137. The second kappa shape index (κ2) is 9.56. The number of ether oxygens (including phenoxy) is 1. The van der Waals surface area contributed by atoms with Gasteiger partial charge < -0.3 is 10.1 Å². The normalized spacial score (nSPS) is 18.0. The van der Waals surface area contributed by atoms with Crippen LogP contribution >= 0.6 is 11.3 Å². The first-order chi connectivity index (χ1) is 16.0. The summed E-state index contributed by atoms with van der Waals surface area (Å²) in [4.78, 5) is 14.3. The molecule has 33 heavy (non-hydrogen) atoms. The summed E-state index contributed by atoms with van der Waals surface area (Å²) < 4.78 is 45.3. The van der Waals surface area contributed by atoms with Crippen molar-refractivity contribution < 1.29 is 17.9 Å². The molecule has 0 spiro atoms. The lowest BCUT2D eigenvalue weighted by atomic mass is 9.98. The highest BCUT2D eigenvalue weighted by Crippen LogP contribution is 2.39. The Bertz CT molecular complexity index is 1120. The van der Waals surface area contributed by atoms with E-state index in [0.717, 1.165) is 61.1 Å². The van der Waals surface area contributed by atoms with Crippen molar-refractivity contribution in [3.8, 4) is 0 Å². The number of hydrogen-bond acceptors (Lipinski definition) is 6. The summed E-state index contributed by atoms with van der Waals surface area (Å²) in [6, 6.07) is 5.31. The molecular weight excluding hydrogens is 449 g/mol. The number of thiophene rings is 1. The van der Waals surface area contributed by atoms with Crippen LogP contribution in [0.25, 0.3) is 10.2 Å². The Hall–Kier alpha value is -2.23. The minimum Gasteiger partial charge on any atom is -0.379 e. The zero-order valence-corrected chi connectivity index (χ0v) is 19.2. The van der Waals surface area contributed by atoms with E-state index in [1.807, 2.05) is 0 Å². The van der Waals surface area contributed by atoms with Crippen LogP contribution in [-0.2, 0) is 30.3 Å². The number of halogens is 3. The predicted molar refractivity (Wildman–Crippen MR) is 124 cm³/mol. The molecule has 1 saturated heterocycles. The summed E-state index contributed by atoms with van der Waals surface area (Å²) >= 11 is 1.72. The van der Waals surface area contributed by atoms with Crippen LogP contribution < -0.4 is 5.32 Å². The third kappa shape index (κ3) is 5.15. The van der Waals surface area contributed by atoms with Crippen LogP contribution in [0.2, 0.25) is 0 Å². The van der Waals surface area contributed by atoms with E-state index >= 15 is 0 Å². The first-order valence-electron chi connectivity index (χ1n) is 11.5. The fraction of sp³-hybridized carbons (Fsp3) is 0.500. The average Bonchev–Trinajstić information content (AvgIpc) is 3.10. The quantitative estimate of drug-likeness (QED) is 0.505. The van der Waals surface area contributed by atoms with Crippen LogP contribution in [0.4, 0.5) is 24.7 Å². The van der Waals surface area contributed by atoms with Gasteiger partial charge >= 0.3 is 6.18 Å². The maximum atomic E-state index is 13.3. The molecule has 176 valence electrons. The van der Waals surface area contributed by atoms with Gasteiger partial charge in [0.25, 0.3) is 0 Å². The zero-order valence-electron chi connectivity index (χ0n) is 18.4. The third-order valence-electron chi connectivity index (χ3n) is 6.28. The minimum absolute atomic E-state index is 0.382. The Morgan fingerprint density at radius 1 is 1.03 bits per heavy atom. The summed E-state index contributed by atoms with van der Waals surface area (Å²) in [7, 11) is 0. The van der Waals surface area contributed by atoms with E-state index in [2.05, 4.69) is 10.2 Å². The molecule has 9 heteroatoms. The molecule has 1 N–H and O–H groups in total. The number of hydrogen-bond donors (Lipinski definition) is 1. The molecule has 1 aliphatic carbocycles. The Labute approximate surface area is 195 Å². The molecule has 1 fully saturated rings. The van der Waals surface area contributed by atoms with Crippen molar-refractivity contribution in [3.05, 3.63) is 46.1 Å². The topological polar surface area (TPSA) is 50.3 Å². The van der Waals surface area contributed by atoms with E-state index in [4.69, 9.17) is 14.7 Å². The van der Waals surface area contributed by atoms with Crippen LogP contribution in [0.1, 0.15) is 47.5 Å². The summed E-state index contributed by atoms with van der Waals surface area (Å²) in [6.45, 7) is 3.60. The van der Waals surface area contributed by atoms with E-state index in [0.29, 0.717) is 37.1 Å². The lowest BCUT2D eigenvalue weighted by Crippen LogP contribution is -2.36. The third-order valence-corrected chi connectivity index (χ3v) is 7.47. The highest BCUT2D eigenvalue weighted by molar-refractivity contribution is 7.19. The van der Waals surface area contributed by atoms with Gasteiger partial charge in [0, 0.05) is 23.7 Å². The van der Waals surface area contributed by atoms with E-state index in [-0.39, 0.29) is 0 Å². The number of morpholine rings is 1. The molecule has 2 aliphatic rings. The van der Waals surface area contributed by atoms with Gasteiger partial charge in [-0.3, -0.25) is 4.90 Å². The van der Waals surface area contributed by atoms with E-state index in [9.17, 15) is 13.2 Å². The SMILES string of the molecule is FC(F)(F)c1cccc(Nc2nc(CN3CCOCC3)nc3sc4c(c23)CCCCCC4)c1. The standard InChI is InChI=1S/C24H27F3N4OS/c25-24(26,27)16-6-5-7-17(14-16)28-22-21-18-8-3-1-2-4-9-19(18)33-23(21)30-20(29-22)15-31-10-12-32-13-11-31/h5-7,14H,1-4,8-13,15H2,(H,28,29,30). The Balaban J connectivity index is 1.56. The molecule has 0 amide bonds. The van der Waals surface area contributed by atoms with Crippen molar-refractivity contribution in [2.24, 2.45) is 0 Å². The Kier molecular flexibility index (Phi) is 6.53. The second-order valence-corrected chi connectivity index (χ2v) is 9.76. The zero-order chi connectivity index (χ0) is 22.8. The smallest absolute Gasteiger partial charge is 0.379 e. The van der Waals surface area contributed by atoms with Crippen molar-refractivity contribution in [3.63, 3.8) is 0 Å². The number of rotatable bonds is 4. The van der Waals surface area contributed by atoms with Crippen molar-refractivity contribution in [1.29, 1.82) is 0 Å². The Morgan fingerprint density at radius 3 is 2.61 bits per heavy atom. The number of aryl methyl sites for hydroxylation is 2. The van der Waals surface area contributed by atoms with Gasteiger partial charge in [-0.25, -0.2) is 9.97 Å². The van der Waals surface area contributed by atoms with Crippen LogP contribution in [0.5, 0.6) is 0 Å². The molecule has 0 unspecified atom stereocenters. The largest absolute Gasteiger partial charge is 0.416 e. The first kappa shape index (κ1) is 22.6. The summed E-state index contributed by atoms with van der Waals surface area (Å²) in [5.74, 6) is 1.30. The van der Waals surface area contributed by atoms with Crippen molar-refractivity contribution in [2.75, 3.05) is 31.6 Å². The van der Waals surface area contributed by atoms with Crippen molar-refractivity contribution in [2.45, 2.75) is 51.2 Å². The van der Waals surface area contributed by atoms with Gasteiger partial charge in [0.15, 0.2) is 0 Å². The van der Waals surface area contributed by atoms with Crippen molar-refractivity contribution >= 4 is 33.1 Å². The van der Waals surface area contributed by atoms with Gasteiger partial charge in [-0.15, -0.1) is 11.3 Å². The second-order valence-electron chi connectivity index (χ2n) is 8.68. The molecule has 3 heterocycles. The van der Waals surface area contributed by atoms with Crippen molar-refractivity contribution in [1.82, 2.24) is 14.9 Å². The fourth-order valence-corrected chi connectivity index (χ4v) is 5.87. The minimum atomic E-state index is -4.39. The monoisotopic (exact) mass is 476 g/mol. The number of nitrogens with one attached hydrogen (secondary N) is 1. The molecule has 3 aromatic rings. The predicted octanol–water partition coefficient (Wildman–Crippen LogP) is 5.94. The van der Waals surface area contributed by atoms with Gasteiger partial charge in [0.2, 0.25) is 0 Å². The summed E-state index contributed by atoms with van der Waals surface area (Å²) in [5, 5.41) is 4.19. The molecule has 1 aliphatic heterocycles. The lowest BCUT2D eigenvalue weighted by Gasteiger charge is -2.25. The average molecular weight is 477 g/mol. The number of alkyl halides is 3. The summed E-state index contributed by atoms with van der Waals surface area (Å²) in [5.41, 5.74) is 0.974. The molecule has 5 rings (SSSR count). The molecule has 0 atom stereocenters.